The second kappa shape index (κ2) is 3.56. The van der Waals surface area contributed by atoms with Crippen LogP contribution in [-0.2, 0) is 0 Å². The van der Waals surface area contributed by atoms with Crippen LogP contribution in [0.3, 0.4) is 0 Å². The van der Waals surface area contributed by atoms with Crippen LogP contribution in [0.15, 0.2) is 12.3 Å². The maximum Gasteiger partial charge on any atom is 0.337 e. The average Bonchev–Trinajstić information content (AvgIpc) is 2.02. The number of carboxylic acid groups (broad SMARTS) is 1. The Bertz CT molecular complexity index is 332. The first-order valence-electron chi connectivity index (χ1n) is 4.22. The summed E-state index contributed by atoms with van der Waals surface area (Å²) in [4.78, 5) is 14.9. The van der Waals surface area contributed by atoms with Crippen LogP contribution in [0, 0.1) is 6.92 Å². The minimum Gasteiger partial charge on any atom is -0.478 e. The topological polar surface area (TPSA) is 50.2 Å². The Labute approximate surface area is 77.4 Å². The van der Waals surface area contributed by atoms with Gasteiger partial charge in [0, 0.05) is 6.20 Å². The molecule has 3 heteroatoms. The Hall–Kier alpha value is -1.38. The molecule has 0 amide bonds. The minimum absolute atomic E-state index is 0.216. The number of carbonyl (C=O) groups is 1. The molecule has 0 aromatic carbocycles. The van der Waals surface area contributed by atoms with E-state index in [9.17, 15) is 4.79 Å². The normalized spacial score (nSPS) is 10.5. The molecule has 0 bridgehead atoms. The standard InChI is InChI=1S/C10H13NO2/c1-6(2)8-4-5-11-7(3)9(8)10(12)13/h4-6H,1-3H3,(H,12,13). The van der Waals surface area contributed by atoms with Gasteiger partial charge in [-0.25, -0.2) is 4.79 Å². The quantitative estimate of drug-likeness (QED) is 0.757. The summed E-state index contributed by atoms with van der Waals surface area (Å²) in [6.45, 7) is 5.66. The number of rotatable bonds is 2. The average molecular weight is 179 g/mol. The van der Waals surface area contributed by atoms with Crippen molar-refractivity contribution in [1.29, 1.82) is 0 Å². The van der Waals surface area contributed by atoms with E-state index in [0.29, 0.717) is 11.3 Å². The van der Waals surface area contributed by atoms with Crippen molar-refractivity contribution in [2.45, 2.75) is 26.7 Å². The highest BCUT2D eigenvalue weighted by atomic mass is 16.4. The molecular formula is C10H13NO2. The molecule has 0 unspecified atom stereocenters. The zero-order valence-electron chi connectivity index (χ0n) is 8.03. The maximum absolute atomic E-state index is 10.9. The molecule has 1 aromatic heterocycles. The van der Waals surface area contributed by atoms with Crippen molar-refractivity contribution in [2.75, 3.05) is 0 Å². The van der Waals surface area contributed by atoms with Gasteiger partial charge < -0.3 is 5.11 Å². The second-order valence-electron chi connectivity index (χ2n) is 3.32. The summed E-state index contributed by atoms with van der Waals surface area (Å²) < 4.78 is 0. The molecule has 0 radical (unpaired) electrons. The van der Waals surface area contributed by atoms with Crippen molar-refractivity contribution in [3.63, 3.8) is 0 Å². The zero-order chi connectivity index (χ0) is 10.0. The fourth-order valence-corrected chi connectivity index (χ4v) is 1.35. The van der Waals surface area contributed by atoms with Crippen LogP contribution in [0.2, 0.25) is 0 Å². The third kappa shape index (κ3) is 1.86. The highest BCUT2D eigenvalue weighted by molar-refractivity contribution is 5.90. The number of pyridine rings is 1. The zero-order valence-corrected chi connectivity index (χ0v) is 8.03. The lowest BCUT2D eigenvalue weighted by molar-refractivity contribution is 0.0694. The molecule has 0 atom stereocenters. The summed E-state index contributed by atoms with van der Waals surface area (Å²) in [7, 11) is 0. The van der Waals surface area contributed by atoms with E-state index in [4.69, 9.17) is 5.11 Å². The van der Waals surface area contributed by atoms with Gasteiger partial charge in [-0.2, -0.15) is 0 Å². The molecule has 0 aliphatic heterocycles. The number of carboxylic acids is 1. The van der Waals surface area contributed by atoms with Crippen molar-refractivity contribution >= 4 is 5.97 Å². The van der Waals surface area contributed by atoms with E-state index in [2.05, 4.69) is 4.98 Å². The Morgan fingerprint density at radius 1 is 1.54 bits per heavy atom. The van der Waals surface area contributed by atoms with Gasteiger partial charge in [-0.05, 0) is 24.5 Å². The summed E-state index contributed by atoms with van der Waals surface area (Å²) in [5.74, 6) is -0.679. The Kier molecular flexibility index (Phi) is 2.66. The fraction of sp³-hybridized carbons (Fsp3) is 0.400. The van der Waals surface area contributed by atoms with Crippen LogP contribution in [-0.4, -0.2) is 16.1 Å². The Balaban J connectivity index is 3.34. The van der Waals surface area contributed by atoms with Gasteiger partial charge in [-0.1, -0.05) is 13.8 Å². The SMILES string of the molecule is Cc1nccc(C(C)C)c1C(=O)O. The van der Waals surface area contributed by atoms with E-state index in [-0.39, 0.29) is 5.92 Å². The van der Waals surface area contributed by atoms with Gasteiger partial charge in [-0.3, -0.25) is 4.98 Å². The number of hydrogen-bond acceptors (Lipinski definition) is 2. The van der Waals surface area contributed by atoms with E-state index in [1.807, 2.05) is 13.8 Å². The summed E-state index contributed by atoms with van der Waals surface area (Å²) >= 11 is 0. The molecule has 1 N–H and O–H groups in total. The first-order chi connectivity index (χ1) is 6.04. The summed E-state index contributed by atoms with van der Waals surface area (Å²) in [5, 5.41) is 8.96. The number of hydrogen-bond donors (Lipinski definition) is 1. The molecule has 13 heavy (non-hydrogen) atoms. The highest BCUT2D eigenvalue weighted by Crippen LogP contribution is 2.20. The molecule has 1 aromatic rings. The summed E-state index contributed by atoms with van der Waals surface area (Å²) in [6, 6.07) is 1.76. The van der Waals surface area contributed by atoms with Gasteiger partial charge in [0.25, 0.3) is 0 Å². The molecule has 70 valence electrons. The second-order valence-corrected chi connectivity index (χ2v) is 3.32. The van der Waals surface area contributed by atoms with Crippen LogP contribution in [0.5, 0.6) is 0 Å². The molecule has 1 rings (SSSR count). The molecule has 0 aliphatic rings. The molecule has 0 fully saturated rings. The number of aryl methyl sites for hydroxylation is 1. The lowest BCUT2D eigenvalue weighted by Gasteiger charge is -2.10. The van der Waals surface area contributed by atoms with Crippen molar-refractivity contribution in [3.8, 4) is 0 Å². The largest absolute Gasteiger partial charge is 0.478 e. The van der Waals surface area contributed by atoms with E-state index >= 15 is 0 Å². The van der Waals surface area contributed by atoms with Crippen molar-refractivity contribution in [1.82, 2.24) is 4.98 Å². The van der Waals surface area contributed by atoms with Crippen LogP contribution in [0.1, 0.15) is 41.4 Å². The third-order valence-electron chi connectivity index (χ3n) is 2.01. The van der Waals surface area contributed by atoms with E-state index in [1.165, 1.54) is 0 Å². The summed E-state index contributed by atoms with van der Waals surface area (Å²) in [5.41, 5.74) is 1.77. The van der Waals surface area contributed by atoms with E-state index < -0.39 is 5.97 Å². The molecule has 0 saturated heterocycles. The van der Waals surface area contributed by atoms with Crippen LogP contribution < -0.4 is 0 Å². The lowest BCUT2D eigenvalue weighted by Crippen LogP contribution is -2.07. The molecule has 0 spiro atoms. The highest BCUT2D eigenvalue weighted by Gasteiger charge is 2.15. The predicted molar refractivity (Wildman–Crippen MR) is 50.0 cm³/mol. The fourth-order valence-electron chi connectivity index (χ4n) is 1.35. The van der Waals surface area contributed by atoms with Crippen LogP contribution in [0.4, 0.5) is 0 Å². The van der Waals surface area contributed by atoms with Crippen molar-refractivity contribution < 1.29 is 9.90 Å². The van der Waals surface area contributed by atoms with Gasteiger partial charge in [0.1, 0.15) is 0 Å². The van der Waals surface area contributed by atoms with Crippen LogP contribution >= 0.6 is 0 Å². The van der Waals surface area contributed by atoms with Crippen molar-refractivity contribution in [2.24, 2.45) is 0 Å². The molecule has 0 saturated carbocycles. The number of aromatic carboxylic acids is 1. The number of nitrogens with zero attached hydrogens (tertiary/aromatic N) is 1. The summed E-state index contributed by atoms with van der Waals surface area (Å²) in [6.07, 6.45) is 1.65. The molecule has 1 heterocycles. The van der Waals surface area contributed by atoms with Crippen molar-refractivity contribution in [3.05, 3.63) is 29.1 Å². The van der Waals surface area contributed by atoms with Gasteiger partial charge >= 0.3 is 5.97 Å². The van der Waals surface area contributed by atoms with Gasteiger partial charge in [0.05, 0.1) is 11.3 Å². The first kappa shape index (κ1) is 9.71. The first-order valence-corrected chi connectivity index (χ1v) is 4.22. The maximum atomic E-state index is 10.9. The minimum atomic E-state index is -0.894. The van der Waals surface area contributed by atoms with E-state index in [1.54, 1.807) is 19.2 Å². The third-order valence-corrected chi connectivity index (χ3v) is 2.01. The molecule has 3 nitrogen and oxygen atoms in total. The Morgan fingerprint density at radius 3 is 2.54 bits per heavy atom. The van der Waals surface area contributed by atoms with Gasteiger partial charge in [-0.15, -0.1) is 0 Å². The number of aromatic nitrogens is 1. The van der Waals surface area contributed by atoms with Crippen LogP contribution in [0.25, 0.3) is 0 Å². The predicted octanol–water partition coefficient (Wildman–Crippen LogP) is 2.21. The molecular weight excluding hydrogens is 166 g/mol. The van der Waals surface area contributed by atoms with Gasteiger partial charge in [0.15, 0.2) is 0 Å². The lowest BCUT2D eigenvalue weighted by atomic mass is 9.97. The smallest absolute Gasteiger partial charge is 0.337 e. The molecule has 0 aliphatic carbocycles. The monoisotopic (exact) mass is 179 g/mol. The Morgan fingerprint density at radius 2 is 2.15 bits per heavy atom. The van der Waals surface area contributed by atoms with E-state index in [0.717, 1.165) is 5.56 Å². The van der Waals surface area contributed by atoms with Gasteiger partial charge in [0.2, 0.25) is 0 Å².